The highest BCUT2D eigenvalue weighted by atomic mass is 79.9. The number of aromatic carboxylic acids is 1. The van der Waals surface area contributed by atoms with E-state index >= 15 is 0 Å². The number of halogens is 1. The SMILES string of the molecule is Cn1cnc([N+](=O)[O-])c1Nc1ccc(C(=O)O)cc1Br. The number of benzene rings is 1. The quantitative estimate of drug-likeness (QED) is 0.653. The standard InChI is InChI=1S/C11H9BrN4O4/c1-15-5-13-9(16(19)20)10(15)14-8-3-2-6(11(17)18)4-7(8)12/h2-5,14H,1H3,(H,17,18). The zero-order chi connectivity index (χ0) is 14.9. The van der Waals surface area contributed by atoms with E-state index in [2.05, 4.69) is 26.2 Å². The first-order chi connectivity index (χ1) is 9.40. The number of hydrogen-bond donors (Lipinski definition) is 2. The molecule has 0 aliphatic heterocycles. The van der Waals surface area contributed by atoms with Crippen LogP contribution in [0.1, 0.15) is 10.4 Å². The van der Waals surface area contributed by atoms with Crippen LogP contribution in [-0.4, -0.2) is 25.6 Å². The van der Waals surface area contributed by atoms with E-state index in [1.807, 2.05) is 0 Å². The summed E-state index contributed by atoms with van der Waals surface area (Å²) in [6.07, 6.45) is 1.32. The summed E-state index contributed by atoms with van der Waals surface area (Å²) in [5.41, 5.74) is 0.614. The van der Waals surface area contributed by atoms with Crippen molar-refractivity contribution in [1.29, 1.82) is 0 Å². The minimum absolute atomic E-state index is 0.113. The molecule has 1 heterocycles. The molecule has 0 fully saturated rings. The van der Waals surface area contributed by atoms with E-state index in [1.165, 1.54) is 29.1 Å². The van der Waals surface area contributed by atoms with Crippen LogP contribution >= 0.6 is 15.9 Å². The normalized spacial score (nSPS) is 10.3. The van der Waals surface area contributed by atoms with Crippen LogP contribution in [0.15, 0.2) is 29.0 Å². The number of nitrogens with zero attached hydrogens (tertiary/aromatic N) is 3. The van der Waals surface area contributed by atoms with Crippen molar-refractivity contribution in [3.8, 4) is 0 Å². The lowest BCUT2D eigenvalue weighted by Crippen LogP contribution is -2.02. The first-order valence-electron chi connectivity index (χ1n) is 5.35. The van der Waals surface area contributed by atoms with Crippen LogP contribution in [0.4, 0.5) is 17.3 Å². The molecule has 20 heavy (non-hydrogen) atoms. The Kier molecular flexibility index (Phi) is 3.70. The summed E-state index contributed by atoms with van der Waals surface area (Å²) in [7, 11) is 1.61. The highest BCUT2D eigenvalue weighted by Crippen LogP contribution is 2.30. The molecule has 0 saturated carbocycles. The molecule has 9 heteroatoms. The smallest absolute Gasteiger partial charge is 0.406 e. The van der Waals surface area contributed by atoms with E-state index in [4.69, 9.17) is 5.11 Å². The number of rotatable bonds is 4. The number of anilines is 2. The van der Waals surface area contributed by atoms with Crippen LogP contribution in [0.2, 0.25) is 0 Å². The molecule has 1 aromatic carbocycles. The second kappa shape index (κ2) is 5.29. The summed E-state index contributed by atoms with van der Waals surface area (Å²) in [6.45, 7) is 0. The molecule has 2 N–H and O–H groups in total. The highest BCUT2D eigenvalue weighted by molar-refractivity contribution is 9.10. The molecular formula is C11H9BrN4O4. The summed E-state index contributed by atoms with van der Waals surface area (Å²) < 4.78 is 1.95. The molecule has 0 radical (unpaired) electrons. The maximum absolute atomic E-state index is 10.9. The zero-order valence-electron chi connectivity index (χ0n) is 10.2. The Labute approximate surface area is 121 Å². The van der Waals surface area contributed by atoms with Crippen molar-refractivity contribution >= 4 is 39.2 Å². The molecule has 104 valence electrons. The Morgan fingerprint density at radius 2 is 2.25 bits per heavy atom. The molecule has 2 aromatic rings. The lowest BCUT2D eigenvalue weighted by atomic mass is 10.2. The van der Waals surface area contributed by atoms with Crippen molar-refractivity contribution in [2.24, 2.45) is 7.05 Å². The topological polar surface area (TPSA) is 110 Å². The fraction of sp³-hybridized carbons (Fsp3) is 0.0909. The average molecular weight is 341 g/mol. The second-order valence-corrected chi connectivity index (χ2v) is 4.76. The van der Waals surface area contributed by atoms with E-state index in [9.17, 15) is 14.9 Å². The Morgan fingerprint density at radius 3 is 2.80 bits per heavy atom. The summed E-state index contributed by atoms with van der Waals surface area (Å²) in [6, 6.07) is 4.33. The Morgan fingerprint density at radius 1 is 1.55 bits per heavy atom. The van der Waals surface area contributed by atoms with E-state index in [-0.39, 0.29) is 17.2 Å². The van der Waals surface area contributed by atoms with Gasteiger partial charge < -0.3 is 20.5 Å². The van der Waals surface area contributed by atoms with Crippen LogP contribution in [0, 0.1) is 10.1 Å². The van der Waals surface area contributed by atoms with Crippen LogP contribution in [0.3, 0.4) is 0 Å². The van der Waals surface area contributed by atoms with Gasteiger partial charge in [0.25, 0.3) is 0 Å². The molecular weight excluding hydrogens is 332 g/mol. The maximum atomic E-state index is 10.9. The molecule has 8 nitrogen and oxygen atoms in total. The Balaban J connectivity index is 2.38. The zero-order valence-corrected chi connectivity index (χ0v) is 11.8. The molecule has 0 atom stereocenters. The third-order valence-electron chi connectivity index (χ3n) is 2.56. The monoisotopic (exact) mass is 340 g/mol. The van der Waals surface area contributed by atoms with Crippen molar-refractivity contribution < 1.29 is 14.8 Å². The number of imidazole rings is 1. The molecule has 0 bridgehead atoms. The summed E-state index contributed by atoms with van der Waals surface area (Å²) in [4.78, 5) is 24.8. The molecule has 1 aromatic heterocycles. The lowest BCUT2D eigenvalue weighted by molar-refractivity contribution is -0.388. The van der Waals surface area contributed by atoms with E-state index in [0.717, 1.165) is 0 Å². The Hall–Kier alpha value is -2.42. The number of hydrogen-bond acceptors (Lipinski definition) is 5. The fourth-order valence-electron chi connectivity index (χ4n) is 1.57. The van der Waals surface area contributed by atoms with E-state index in [0.29, 0.717) is 10.2 Å². The molecule has 0 amide bonds. The maximum Gasteiger partial charge on any atom is 0.406 e. The largest absolute Gasteiger partial charge is 0.478 e. The molecule has 2 rings (SSSR count). The number of aryl methyl sites for hydroxylation is 1. The van der Waals surface area contributed by atoms with Crippen LogP contribution < -0.4 is 5.32 Å². The van der Waals surface area contributed by atoms with Crippen molar-refractivity contribution in [2.45, 2.75) is 0 Å². The molecule has 0 unspecified atom stereocenters. The number of nitrogens with one attached hydrogen (secondary N) is 1. The van der Waals surface area contributed by atoms with E-state index < -0.39 is 10.9 Å². The minimum atomic E-state index is -1.05. The predicted octanol–water partition coefficient (Wildman–Crippen LogP) is 2.53. The van der Waals surface area contributed by atoms with Crippen molar-refractivity contribution in [3.05, 3.63) is 44.7 Å². The minimum Gasteiger partial charge on any atom is -0.478 e. The molecule has 0 saturated heterocycles. The van der Waals surface area contributed by atoms with Crippen LogP contribution in [0.5, 0.6) is 0 Å². The molecule has 0 aliphatic rings. The van der Waals surface area contributed by atoms with Gasteiger partial charge in [-0.25, -0.2) is 4.79 Å². The first-order valence-corrected chi connectivity index (χ1v) is 6.15. The van der Waals surface area contributed by atoms with Gasteiger partial charge in [-0.15, -0.1) is 0 Å². The number of carbonyl (C=O) groups is 1. The molecule has 0 aliphatic carbocycles. The van der Waals surface area contributed by atoms with Gasteiger partial charge >= 0.3 is 11.8 Å². The third kappa shape index (κ3) is 2.62. The van der Waals surface area contributed by atoms with Gasteiger partial charge in [-0.2, -0.15) is 0 Å². The third-order valence-corrected chi connectivity index (χ3v) is 3.22. The number of nitro groups is 1. The van der Waals surface area contributed by atoms with Crippen molar-refractivity contribution in [2.75, 3.05) is 5.32 Å². The summed E-state index contributed by atoms with van der Waals surface area (Å²) >= 11 is 3.22. The second-order valence-electron chi connectivity index (χ2n) is 3.91. The van der Waals surface area contributed by atoms with Gasteiger partial charge in [0, 0.05) is 11.5 Å². The first kappa shape index (κ1) is 14.0. The summed E-state index contributed by atoms with van der Waals surface area (Å²) in [5.74, 6) is -1.15. The van der Waals surface area contributed by atoms with Gasteiger partial charge in [0.05, 0.1) is 11.3 Å². The van der Waals surface area contributed by atoms with Crippen LogP contribution in [-0.2, 0) is 7.05 Å². The van der Waals surface area contributed by atoms with Crippen LogP contribution in [0.25, 0.3) is 0 Å². The van der Waals surface area contributed by atoms with Gasteiger partial charge in [0.1, 0.15) is 0 Å². The van der Waals surface area contributed by atoms with Gasteiger partial charge in [-0.05, 0) is 44.0 Å². The number of carboxylic acids is 1. The predicted molar refractivity (Wildman–Crippen MR) is 74.2 cm³/mol. The summed E-state index contributed by atoms with van der Waals surface area (Å²) in [5, 5.41) is 22.6. The van der Waals surface area contributed by atoms with Gasteiger partial charge in [-0.3, -0.25) is 4.57 Å². The van der Waals surface area contributed by atoms with Gasteiger partial charge in [0.15, 0.2) is 0 Å². The Bertz CT molecular complexity index is 698. The lowest BCUT2D eigenvalue weighted by Gasteiger charge is -2.09. The van der Waals surface area contributed by atoms with Crippen molar-refractivity contribution in [1.82, 2.24) is 9.55 Å². The molecule has 0 spiro atoms. The van der Waals surface area contributed by atoms with E-state index in [1.54, 1.807) is 7.05 Å². The average Bonchev–Trinajstić information content (AvgIpc) is 2.73. The fourth-order valence-corrected chi connectivity index (χ4v) is 2.05. The highest BCUT2D eigenvalue weighted by Gasteiger charge is 2.21. The van der Waals surface area contributed by atoms with Crippen molar-refractivity contribution in [3.63, 3.8) is 0 Å². The van der Waals surface area contributed by atoms with Gasteiger partial charge in [-0.1, -0.05) is 0 Å². The number of aromatic nitrogens is 2. The van der Waals surface area contributed by atoms with Gasteiger partial charge in [0.2, 0.25) is 12.1 Å². The number of carboxylic acid groups (broad SMARTS) is 1.